The van der Waals surface area contributed by atoms with Crippen LogP contribution in [0.4, 0.5) is 8.78 Å². The number of nitrogens with one attached hydrogen (secondary N) is 1. The average molecular weight is 302 g/mol. The summed E-state index contributed by atoms with van der Waals surface area (Å²) in [6.45, 7) is 0. The van der Waals surface area contributed by atoms with E-state index in [1.54, 1.807) is 19.2 Å². The molecule has 0 fully saturated rings. The molecule has 5 heteroatoms. The lowest BCUT2D eigenvalue weighted by Gasteiger charge is -2.16. The Labute approximate surface area is 106 Å². The smallest absolute Gasteiger partial charge is 0.145 e. The summed E-state index contributed by atoms with van der Waals surface area (Å²) in [5, 5.41) is 2.84. The van der Waals surface area contributed by atoms with Crippen LogP contribution in [0.5, 0.6) is 0 Å². The first-order valence-electron chi connectivity index (χ1n) is 4.99. The van der Waals surface area contributed by atoms with E-state index in [1.807, 2.05) is 0 Å². The fourth-order valence-corrected chi connectivity index (χ4v) is 2.04. The summed E-state index contributed by atoms with van der Waals surface area (Å²) in [7, 11) is 1.62. The lowest BCUT2D eigenvalue weighted by Crippen LogP contribution is -2.20. The van der Waals surface area contributed by atoms with E-state index in [2.05, 4.69) is 21.2 Å². The molecule has 2 aromatic rings. The molecule has 1 atom stereocenters. The van der Waals surface area contributed by atoms with Crippen molar-refractivity contribution < 1.29 is 13.2 Å². The van der Waals surface area contributed by atoms with Crippen molar-refractivity contribution in [3.63, 3.8) is 0 Å². The first kappa shape index (κ1) is 12.3. The Hall–Kier alpha value is -1.20. The lowest BCUT2D eigenvalue weighted by molar-refractivity contribution is 0.437. The highest BCUT2D eigenvalue weighted by Crippen LogP contribution is 2.30. The predicted octanol–water partition coefficient (Wildman–Crippen LogP) is 3.63. The van der Waals surface area contributed by atoms with E-state index in [-0.39, 0.29) is 10.0 Å². The molecule has 1 aromatic carbocycles. The van der Waals surface area contributed by atoms with E-state index >= 15 is 0 Å². The van der Waals surface area contributed by atoms with Crippen LogP contribution in [0.25, 0.3) is 0 Å². The maximum absolute atomic E-state index is 13.9. The maximum Gasteiger partial charge on any atom is 0.145 e. The molecule has 0 bridgehead atoms. The monoisotopic (exact) mass is 301 g/mol. The number of hydrogen-bond donors (Lipinski definition) is 1. The zero-order valence-corrected chi connectivity index (χ0v) is 10.6. The van der Waals surface area contributed by atoms with Gasteiger partial charge in [-0.25, -0.2) is 8.78 Å². The normalized spacial score (nSPS) is 12.7. The van der Waals surface area contributed by atoms with Crippen LogP contribution < -0.4 is 5.32 Å². The molecule has 2 rings (SSSR count). The summed E-state index contributed by atoms with van der Waals surface area (Å²) >= 11 is 3.04. The number of hydrogen-bond acceptors (Lipinski definition) is 2. The lowest BCUT2D eigenvalue weighted by atomic mass is 10.0. The van der Waals surface area contributed by atoms with E-state index in [4.69, 9.17) is 4.42 Å². The molecular formula is C12H10BrF2NO. The van der Waals surface area contributed by atoms with E-state index in [9.17, 15) is 8.78 Å². The van der Waals surface area contributed by atoms with Crippen molar-refractivity contribution in [1.82, 2.24) is 5.32 Å². The quantitative estimate of drug-likeness (QED) is 0.876. The van der Waals surface area contributed by atoms with Gasteiger partial charge in [0.25, 0.3) is 0 Å². The van der Waals surface area contributed by atoms with Crippen molar-refractivity contribution in [2.24, 2.45) is 0 Å². The second-order valence-corrected chi connectivity index (χ2v) is 4.35. The van der Waals surface area contributed by atoms with Gasteiger partial charge in [-0.3, -0.25) is 0 Å². The Bertz CT molecular complexity index is 513. The van der Waals surface area contributed by atoms with Gasteiger partial charge in [0.05, 0.1) is 16.8 Å². The number of halogens is 3. The van der Waals surface area contributed by atoms with Gasteiger partial charge in [-0.1, -0.05) is 0 Å². The minimum absolute atomic E-state index is 0.0585. The highest BCUT2D eigenvalue weighted by molar-refractivity contribution is 9.10. The molecule has 0 radical (unpaired) electrons. The minimum Gasteiger partial charge on any atom is -0.467 e. The van der Waals surface area contributed by atoms with Crippen molar-refractivity contribution in [2.45, 2.75) is 6.04 Å². The fourth-order valence-electron chi connectivity index (χ4n) is 1.69. The maximum atomic E-state index is 13.9. The highest BCUT2D eigenvalue weighted by atomic mass is 79.9. The largest absolute Gasteiger partial charge is 0.467 e. The fraction of sp³-hybridized carbons (Fsp3) is 0.167. The summed E-state index contributed by atoms with van der Waals surface area (Å²) in [4.78, 5) is 0. The third-order valence-corrected chi connectivity index (χ3v) is 3.10. The molecule has 0 aliphatic carbocycles. The Morgan fingerprint density at radius 3 is 2.65 bits per heavy atom. The molecule has 90 valence electrons. The van der Waals surface area contributed by atoms with Gasteiger partial charge in [0.15, 0.2) is 0 Å². The second kappa shape index (κ2) is 4.98. The van der Waals surface area contributed by atoms with Crippen molar-refractivity contribution in [1.29, 1.82) is 0 Å². The molecule has 0 amide bonds. The summed E-state index contributed by atoms with van der Waals surface area (Å²) in [6, 6.07) is 5.25. The minimum atomic E-state index is -0.650. The van der Waals surface area contributed by atoms with Crippen molar-refractivity contribution in [3.8, 4) is 0 Å². The Kier molecular flexibility index (Phi) is 3.59. The van der Waals surface area contributed by atoms with Gasteiger partial charge >= 0.3 is 0 Å². The van der Waals surface area contributed by atoms with Gasteiger partial charge in [0, 0.05) is 5.56 Å². The van der Waals surface area contributed by atoms with E-state index < -0.39 is 17.7 Å². The van der Waals surface area contributed by atoms with Crippen LogP contribution in [-0.2, 0) is 0 Å². The van der Waals surface area contributed by atoms with Crippen LogP contribution in [0.2, 0.25) is 0 Å². The van der Waals surface area contributed by atoms with Crippen LogP contribution in [0.1, 0.15) is 17.4 Å². The number of furan rings is 1. The van der Waals surface area contributed by atoms with Crippen LogP contribution >= 0.6 is 15.9 Å². The van der Waals surface area contributed by atoms with Crippen LogP contribution in [-0.4, -0.2) is 7.05 Å². The molecule has 0 aliphatic heterocycles. The first-order chi connectivity index (χ1) is 8.15. The second-order valence-electron chi connectivity index (χ2n) is 3.49. The summed E-state index contributed by atoms with van der Waals surface area (Å²) in [5.41, 5.74) is -0.0585. The molecule has 1 unspecified atom stereocenters. The van der Waals surface area contributed by atoms with Crippen LogP contribution in [0.3, 0.4) is 0 Å². The van der Waals surface area contributed by atoms with Gasteiger partial charge in [-0.05, 0) is 47.2 Å². The summed E-state index contributed by atoms with van der Waals surface area (Å²) < 4.78 is 33.0. The molecule has 1 N–H and O–H groups in total. The predicted molar refractivity (Wildman–Crippen MR) is 63.7 cm³/mol. The molecule has 0 saturated carbocycles. The Morgan fingerprint density at radius 2 is 2.06 bits per heavy atom. The molecular weight excluding hydrogens is 292 g/mol. The summed E-state index contributed by atoms with van der Waals surface area (Å²) in [6.07, 6.45) is 1.47. The third kappa shape index (κ3) is 2.25. The number of rotatable bonds is 3. The van der Waals surface area contributed by atoms with Crippen molar-refractivity contribution in [2.75, 3.05) is 7.05 Å². The molecule has 0 aliphatic rings. The third-order valence-electron chi connectivity index (χ3n) is 2.48. The van der Waals surface area contributed by atoms with E-state index in [0.29, 0.717) is 5.76 Å². The molecule has 1 aromatic heterocycles. The van der Waals surface area contributed by atoms with E-state index in [0.717, 1.165) is 0 Å². The average Bonchev–Trinajstić information content (AvgIpc) is 2.83. The van der Waals surface area contributed by atoms with Gasteiger partial charge in [0.1, 0.15) is 17.4 Å². The zero-order valence-electron chi connectivity index (χ0n) is 9.01. The standard InChI is InChI=1S/C12H10BrF2NO/c1-16-12(9-3-2-6-17-9)10-8(14)5-4-7(13)11(10)15/h2-6,12,16H,1H3. The molecule has 17 heavy (non-hydrogen) atoms. The first-order valence-corrected chi connectivity index (χ1v) is 5.78. The number of benzene rings is 1. The molecule has 0 saturated heterocycles. The van der Waals surface area contributed by atoms with Gasteiger partial charge in [0.2, 0.25) is 0 Å². The Balaban J connectivity index is 2.55. The molecule has 0 spiro atoms. The zero-order chi connectivity index (χ0) is 12.4. The summed E-state index contributed by atoms with van der Waals surface area (Å²) in [5.74, 6) is -0.773. The SMILES string of the molecule is CNC(c1ccco1)c1c(F)ccc(Br)c1F. The van der Waals surface area contributed by atoms with Crippen LogP contribution in [0.15, 0.2) is 39.4 Å². The van der Waals surface area contributed by atoms with Crippen LogP contribution in [0, 0.1) is 11.6 Å². The molecule has 2 nitrogen and oxygen atoms in total. The van der Waals surface area contributed by atoms with Crippen molar-refractivity contribution in [3.05, 3.63) is 58.0 Å². The van der Waals surface area contributed by atoms with E-state index in [1.165, 1.54) is 18.4 Å². The highest BCUT2D eigenvalue weighted by Gasteiger charge is 2.24. The topological polar surface area (TPSA) is 25.2 Å². The van der Waals surface area contributed by atoms with Gasteiger partial charge in [-0.15, -0.1) is 0 Å². The molecule has 1 heterocycles. The van der Waals surface area contributed by atoms with Gasteiger partial charge in [-0.2, -0.15) is 0 Å². The Morgan fingerprint density at radius 1 is 1.29 bits per heavy atom. The van der Waals surface area contributed by atoms with Crippen molar-refractivity contribution >= 4 is 15.9 Å². The van der Waals surface area contributed by atoms with Gasteiger partial charge < -0.3 is 9.73 Å².